The fourth-order valence-corrected chi connectivity index (χ4v) is 4.59. The quantitative estimate of drug-likeness (QED) is 0.537. The maximum Gasteiger partial charge on any atom is 0.318 e. The number of carbonyl (C=O) groups excluding carboxylic acids is 3. The zero-order valence-corrected chi connectivity index (χ0v) is 18.0. The second kappa shape index (κ2) is 9.69. The number of hydrogen-bond donors (Lipinski definition) is 1. The molecule has 1 aromatic carbocycles. The smallest absolute Gasteiger partial charge is 0.318 e. The summed E-state index contributed by atoms with van der Waals surface area (Å²) in [5, 5.41) is 2.61. The third kappa shape index (κ3) is 4.29. The van der Waals surface area contributed by atoms with E-state index in [9.17, 15) is 14.4 Å². The van der Waals surface area contributed by atoms with Crippen LogP contribution in [-0.4, -0.2) is 43.4 Å². The molecule has 31 heavy (non-hydrogen) atoms. The average molecular weight is 424 g/mol. The standard InChI is InChI=1S/C24H28N2O5/c1-4-14-25-21(27)15-19-22(28)26(16-17-9-11-18(30-2)12-10-17)20-8-6-5-7-13-24(19,20)23(29)31-3/h1,8-12,19H,5-7,13-16H2,2-3H3,(H,25,27)/t19-,24-/m0/s1. The highest BCUT2D eigenvalue weighted by atomic mass is 16.5. The Kier molecular flexibility index (Phi) is 7.01. The number of rotatable bonds is 7. The number of esters is 1. The molecular weight excluding hydrogens is 396 g/mol. The summed E-state index contributed by atoms with van der Waals surface area (Å²) < 4.78 is 10.4. The van der Waals surface area contributed by atoms with Gasteiger partial charge in [-0.15, -0.1) is 6.42 Å². The van der Waals surface area contributed by atoms with E-state index in [1.165, 1.54) is 7.11 Å². The largest absolute Gasteiger partial charge is 0.497 e. The molecule has 2 atom stereocenters. The van der Waals surface area contributed by atoms with Gasteiger partial charge in [-0.3, -0.25) is 14.4 Å². The van der Waals surface area contributed by atoms with Gasteiger partial charge in [-0.05, 0) is 37.0 Å². The topological polar surface area (TPSA) is 84.9 Å². The third-order valence-corrected chi connectivity index (χ3v) is 6.10. The van der Waals surface area contributed by atoms with Crippen molar-refractivity contribution in [2.75, 3.05) is 20.8 Å². The van der Waals surface area contributed by atoms with Crippen molar-refractivity contribution in [1.29, 1.82) is 0 Å². The Balaban J connectivity index is 2.00. The zero-order valence-electron chi connectivity index (χ0n) is 18.0. The number of nitrogens with zero attached hydrogens (tertiary/aromatic N) is 1. The first-order valence-corrected chi connectivity index (χ1v) is 10.4. The molecule has 1 aromatic rings. The molecular formula is C24H28N2O5. The van der Waals surface area contributed by atoms with Crippen LogP contribution in [0.4, 0.5) is 0 Å². The van der Waals surface area contributed by atoms with Crippen LogP contribution in [0.25, 0.3) is 0 Å². The lowest BCUT2D eigenvalue weighted by Gasteiger charge is -2.31. The Morgan fingerprint density at radius 2 is 2.00 bits per heavy atom. The Bertz CT molecular complexity index is 915. The van der Waals surface area contributed by atoms with Crippen LogP contribution < -0.4 is 10.1 Å². The first-order valence-electron chi connectivity index (χ1n) is 10.4. The highest BCUT2D eigenvalue weighted by molar-refractivity contribution is 5.98. The summed E-state index contributed by atoms with van der Waals surface area (Å²) >= 11 is 0. The average Bonchev–Trinajstić information content (AvgIpc) is 2.93. The van der Waals surface area contributed by atoms with Crippen molar-refractivity contribution >= 4 is 17.8 Å². The number of amides is 2. The van der Waals surface area contributed by atoms with Crippen LogP contribution in [0.15, 0.2) is 36.0 Å². The number of likely N-dealkylation sites (tertiary alicyclic amines) is 1. The molecule has 0 spiro atoms. The predicted molar refractivity (Wildman–Crippen MR) is 114 cm³/mol. The molecule has 0 aromatic heterocycles. The molecule has 7 nitrogen and oxygen atoms in total. The molecule has 164 valence electrons. The maximum atomic E-state index is 13.6. The number of hydrogen-bond acceptors (Lipinski definition) is 5. The number of ether oxygens (including phenoxy) is 2. The summed E-state index contributed by atoms with van der Waals surface area (Å²) in [6.45, 7) is 0.374. The van der Waals surface area contributed by atoms with Crippen molar-refractivity contribution in [3.05, 3.63) is 41.6 Å². The summed E-state index contributed by atoms with van der Waals surface area (Å²) in [4.78, 5) is 40.8. The Morgan fingerprint density at radius 3 is 2.65 bits per heavy atom. The van der Waals surface area contributed by atoms with E-state index in [1.807, 2.05) is 30.3 Å². The lowest BCUT2D eigenvalue weighted by molar-refractivity contribution is -0.155. The predicted octanol–water partition coefficient (Wildman–Crippen LogP) is 2.41. The number of carbonyl (C=O) groups is 3. The van der Waals surface area contributed by atoms with E-state index in [4.69, 9.17) is 15.9 Å². The van der Waals surface area contributed by atoms with Crippen LogP contribution in [0.2, 0.25) is 0 Å². The normalized spacial score (nSPS) is 22.6. The van der Waals surface area contributed by atoms with Gasteiger partial charge in [-0.25, -0.2) is 0 Å². The number of benzene rings is 1. The maximum absolute atomic E-state index is 13.6. The molecule has 7 heteroatoms. The lowest BCUT2D eigenvalue weighted by Crippen LogP contribution is -2.41. The van der Waals surface area contributed by atoms with Gasteiger partial charge in [0.1, 0.15) is 11.2 Å². The lowest BCUT2D eigenvalue weighted by atomic mass is 9.71. The van der Waals surface area contributed by atoms with Gasteiger partial charge in [0, 0.05) is 12.1 Å². The zero-order chi connectivity index (χ0) is 22.4. The molecule has 0 unspecified atom stereocenters. The Labute approximate surface area is 182 Å². The molecule has 1 aliphatic heterocycles. The van der Waals surface area contributed by atoms with E-state index in [0.29, 0.717) is 18.7 Å². The van der Waals surface area contributed by atoms with Gasteiger partial charge in [-0.2, -0.15) is 0 Å². The van der Waals surface area contributed by atoms with Crippen LogP contribution in [0.1, 0.15) is 37.7 Å². The SMILES string of the molecule is C#CCNC(=O)C[C@H]1C(=O)N(Cc2ccc(OC)cc2)C2=CCCCC[C@@]21C(=O)OC. The van der Waals surface area contributed by atoms with E-state index in [1.54, 1.807) is 12.0 Å². The molecule has 1 aliphatic carbocycles. The van der Waals surface area contributed by atoms with E-state index >= 15 is 0 Å². The second-order valence-corrected chi connectivity index (χ2v) is 7.81. The van der Waals surface area contributed by atoms with Crippen molar-refractivity contribution in [2.24, 2.45) is 11.3 Å². The van der Waals surface area contributed by atoms with Crippen molar-refractivity contribution in [3.63, 3.8) is 0 Å². The van der Waals surface area contributed by atoms with Gasteiger partial charge < -0.3 is 19.7 Å². The summed E-state index contributed by atoms with van der Waals surface area (Å²) in [5.74, 6) is 1.17. The molecule has 1 fully saturated rings. The summed E-state index contributed by atoms with van der Waals surface area (Å²) in [7, 11) is 2.92. The minimum Gasteiger partial charge on any atom is -0.497 e. The number of nitrogens with one attached hydrogen (secondary N) is 1. The molecule has 1 saturated heterocycles. The van der Waals surface area contributed by atoms with Gasteiger partial charge in [0.2, 0.25) is 11.8 Å². The Hall–Kier alpha value is -3.27. The highest BCUT2D eigenvalue weighted by Gasteiger charge is 2.61. The monoisotopic (exact) mass is 424 g/mol. The number of fused-ring (bicyclic) bond motifs is 1. The third-order valence-electron chi connectivity index (χ3n) is 6.10. The molecule has 2 aliphatic rings. The molecule has 2 amide bonds. The van der Waals surface area contributed by atoms with Crippen molar-refractivity contribution in [2.45, 2.75) is 38.6 Å². The van der Waals surface area contributed by atoms with Crippen molar-refractivity contribution in [1.82, 2.24) is 10.2 Å². The summed E-state index contributed by atoms with van der Waals surface area (Å²) in [5.41, 5.74) is 0.380. The first kappa shape index (κ1) is 22.4. The van der Waals surface area contributed by atoms with Crippen LogP contribution in [-0.2, 0) is 25.7 Å². The van der Waals surface area contributed by atoms with E-state index in [2.05, 4.69) is 11.2 Å². The fourth-order valence-electron chi connectivity index (χ4n) is 4.59. The van der Waals surface area contributed by atoms with Gasteiger partial charge in [0.15, 0.2) is 0 Å². The van der Waals surface area contributed by atoms with Crippen LogP contribution >= 0.6 is 0 Å². The van der Waals surface area contributed by atoms with Gasteiger partial charge >= 0.3 is 5.97 Å². The first-order chi connectivity index (χ1) is 15.0. The number of terminal acetylenes is 1. The highest BCUT2D eigenvalue weighted by Crippen LogP contribution is 2.53. The minimum atomic E-state index is -1.16. The van der Waals surface area contributed by atoms with Crippen molar-refractivity contribution in [3.8, 4) is 18.1 Å². The number of methoxy groups -OCH3 is 2. The van der Waals surface area contributed by atoms with Crippen LogP contribution in [0, 0.1) is 23.7 Å². The number of allylic oxidation sites excluding steroid dienone is 1. The van der Waals surface area contributed by atoms with Crippen molar-refractivity contribution < 1.29 is 23.9 Å². The van der Waals surface area contributed by atoms with E-state index in [-0.39, 0.29) is 24.8 Å². The molecule has 3 rings (SSSR count). The van der Waals surface area contributed by atoms with E-state index in [0.717, 1.165) is 30.6 Å². The van der Waals surface area contributed by atoms with E-state index < -0.39 is 17.3 Å². The molecule has 0 radical (unpaired) electrons. The molecule has 0 bridgehead atoms. The van der Waals surface area contributed by atoms with Gasteiger partial charge in [0.25, 0.3) is 0 Å². The fraction of sp³-hybridized carbons (Fsp3) is 0.458. The van der Waals surface area contributed by atoms with Gasteiger partial charge in [-0.1, -0.05) is 30.6 Å². The molecule has 1 N–H and O–H groups in total. The summed E-state index contributed by atoms with van der Waals surface area (Å²) in [6.07, 6.45) is 9.97. The molecule has 1 heterocycles. The van der Waals surface area contributed by atoms with Crippen LogP contribution in [0.3, 0.4) is 0 Å². The second-order valence-electron chi connectivity index (χ2n) is 7.81. The minimum absolute atomic E-state index is 0.0726. The summed E-state index contributed by atoms with van der Waals surface area (Å²) in [6, 6.07) is 7.43. The van der Waals surface area contributed by atoms with Gasteiger partial charge in [0.05, 0.1) is 33.2 Å². The molecule has 0 saturated carbocycles. The van der Waals surface area contributed by atoms with Crippen LogP contribution in [0.5, 0.6) is 5.75 Å². The Morgan fingerprint density at radius 1 is 1.26 bits per heavy atom.